The van der Waals surface area contributed by atoms with Gasteiger partial charge < -0.3 is 13.7 Å². The molecular weight excluding hydrogens is 1040 g/mol. The SMILES string of the molecule is c1ccc([C@@H](CCc2ccc3c(c2)C2(c4ccccc4-c4ccccc4-c4ccccc42)c2cc(N(c4ccccc4)c4ccc(-c5cccc6c5oc5ccccc56)cc4)ccc2-3)Cc2ccc(-c3cccc4c3oc3ccccc34)cc2)cc1. The molecule has 0 unspecified atom stereocenters. The molecule has 0 saturated heterocycles. The number of furan rings is 2. The largest absolute Gasteiger partial charge is 0.455 e. The first-order valence-electron chi connectivity index (χ1n) is 30.1. The van der Waals surface area contributed by atoms with E-state index in [0.717, 1.165) is 102 Å². The fourth-order valence-corrected chi connectivity index (χ4v) is 14.7. The second kappa shape index (κ2) is 20.3. The minimum absolute atomic E-state index is 0.300. The molecule has 3 nitrogen and oxygen atoms in total. The molecule has 3 heteroatoms. The maximum absolute atomic E-state index is 6.55. The molecular formula is C83H57NO2. The molecule has 17 rings (SSSR count). The van der Waals surface area contributed by atoms with Gasteiger partial charge in [0, 0.05) is 49.7 Å². The highest BCUT2D eigenvalue weighted by Gasteiger charge is 2.50. The molecule has 13 aromatic carbocycles. The van der Waals surface area contributed by atoms with Crippen molar-refractivity contribution in [2.24, 2.45) is 0 Å². The molecule has 0 aliphatic heterocycles. The number of nitrogens with zero attached hydrogens (tertiary/aromatic N) is 1. The number of rotatable bonds is 11. The molecule has 1 spiro atoms. The van der Waals surface area contributed by atoms with Gasteiger partial charge in [0.2, 0.25) is 0 Å². The van der Waals surface area contributed by atoms with Crippen LogP contribution in [-0.2, 0) is 18.3 Å². The van der Waals surface area contributed by atoms with Crippen LogP contribution in [0.15, 0.2) is 312 Å². The van der Waals surface area contributed by atoms with Gasteiger partial charge in [0.15, 0.2) is 0 Å². The molecule has 0 amide bonds. The van der Waals surface area contributed by atoms with Gasteiger partial charge in [-0.3, -0.25) is 0 Å². The van der Waals surface area contributed by atoms with Crippen LogP contribution in [0.25, 0.3) is 99.5 Å². The number of para-hydroxylation sites is 5. The van der Waals surface area contributed by atoms with Crippen molar-refractivity contribution < 1.29 is 8.83 Å². The van der Waals surface area contributed by atoms with Crippen LogP contribution in [-0.4, -0.2) is 0 Å². The lowest BCUT2D eigenvalue weighted by Gasteiger charge is -2.36. The second-order valence-electron chi connectivity index (χ2n) is 23.3. The van der Waals surface area contributed by atoms with Crippen molar-refractivity contribution in [1.29, 1.82) is 0 Å². The van der Waals surface area contributed by atoms with Crippen LogP contribution >= 0.6 is 0 Å². The van der Waals surface area contributed by atoms with Gasteiger partial charge in [-0.15, -0.1) is 0 Å². The van der Waals surface area contributed by atoms with Crippen LogP contribution < -0.4 is 4.90 Å². The van der Waals surface area contributed by atoms with Gasteiger partial charge in [0.05, 0.1) is 5.41 Å². The Morgan fingerprint density at radius 2 is 0.733 bits per heavy atom. The Bertz CT molecular complexity index is 5020. The third-order valence-corrected chi connectivity index (χ3v) is 18.7. The summed E-state index contributed by atoms with van der Waals surface area (Å²) in [4.78, 5) is 2.43. The van der Waals surface area contributed by atoms with Crippen molar-refractivity contribution in [2.45, 2.75) is 30.6 Å². The number of aryl methyl sites for hydroxylation is 1. The van der Waals surface area contributed by atoms with E-state index in [1.54, 1.807) is 0 Å². The Morgan fingerprint density at radius 1 is 0.302 bits per heavy atom. The van der Waals surface area contributed by atoms with Gasteiger partial charge in [-0.2, -0.15) is 0 Å². The molecule has 2 aromatic heterocycles. The van der Waals surface area contributed by atoms with Crippen LogP contribution in [0, 0.1) is 0 Å². The van der Waals surface area contributed by atoms with Crippen molar-refractivity contribution >= 4 is 60.9 Å². The third-order valence-electron chi connectivity index (χ3n) is 18.7. The summed E-state index contributed by atoms with van der Waals surface area (Å²) in [5.41, 5.74) is 27.5. The average molecular weight is 1100 g/mol. The number of fused-ring (bicyclic) bond motifs is 18. The molecule has 0 N–H and O–H groups in total. The van der Waals surface area contributed by atoms with Gasteiger partial charge in [-0.25, -0.2) is 0 Å². The summed E-state index contributed by atoms with van der Waals surface area (Å²) in [5, 5.41) is 4.56. The maximum atomic E-state index is 6.55. The topological polar surface area (TPSA) is 29.5 Å². The van der Waals surface area contributed by atoms with E-state index in [-0.39, 0.29) is 0 Å². The highest BCUT2D eigenvalue weighted by atomic mass is 16.3. The lowest BCUT2D eigenvalue weighted by Crippen LogP contribution is -2.29. The molecule has 2 aliphatic rings. The maximum Gasteiger partial charge on any atom is 0.143 e. The number of hydrogen-bond acceptors (Lipinski definition) is 3. The van der Waals surface area contributed by atoms with Gasteiger partial charge in [-0.05, 0) is 157 Å². The molecule has 2 aliphatic carbocycles. The first kappa shape index (κ1) is 49.8. The Kier molecular flexibility index (Phi) is 11.7. The fraction of sp³-hybridized carbons (Fsp3) is 0.0602. The van der Waals surface area contributed by atoms with E-state index in [2.05, 4.69) is 296 Å². The summed E-state index contributed by atoms with van der Waals surface area (Å²) in [6.07, 6.45) is 2.84. The van der Waals surface area contributed by atoms with Gasteiger partial charge in [-0.1, -0.05) is 255 Å². The highest BCUT2D eigenvalue weighted by Crippen LogP contribution is 2.62. The zero-order chi connectivity index (χ0) is 56.7. The first-order chi connectivity index (χ1) is 42.6. The minimum Gasteiger partial charge on any atom is -0.455 e. The lowest BCUT2D eigenvalue weighted by atomic mass is 9.65. The van der Waals surface area contributed by atoms with Crippen LogP contribution in [0.2, 0.25) is 0 Å². The van der Waals surface area contributed by atoms with E-state index in [9.17, 15) is 0 Å². The summed E-state index contributed by atoms with van der Waals surface area (Å²) in [6, 6.07) is 112. The zero-order valence-corrected chi connectivity index (χ0v) is 47.3. The van der Waals surface area contributed by atoms with Gasteiger partial charge in [0.1, 0.15) is 22.3 Å². The van der Waals surface area contributed by atoms with Crippen LogP contribution in [0.4, 0.5) is 17.1 Å². The molecule has 1 atom stereocenters. The third kappa shape index (κ3) is 7.96. The first-order valence-corrected chi connectivity index (χ1v) is 30.1. The van der Waals surface area contributed by atoms with E-state index in [4.69, 9.17) is 8.83 Å². The minimum atomic E-state index is -0.673. The van der Waals surface area contributed by atoms with Crippen LogP contribution in [0.3, 0.4) is 0 Å². The molecule has 86 heavy (non-hydrogen) atoms. The van der Waals surface area contributed by atoms with Crippen molar-refractivity contribution in [3.63, 3.8) is 0 Å². The van der Waals surface area contributed by atoms with E-state index in [1.165, 1.54) is 72.3 Å². The van der Waals surface area contributed by atoms with Gasteiger partial charge >= 0.3 is 0 Å². The van der Waals surface area contributed by atoms with E-state index < -0.39 is 5.41 Å². The molecule has 406 valence electrons. The summed E-state index contributed by atoms with van der Waals surface area (Å²) in [5.74, 6) is 0.300. The summed E-state index contributed by atoms with van der Waals surface area (Å²) >= 11 is 0. The van der Waals surface area contributed by atoms with Crippen molar-refractivity contribution in [3.8, 4) is 55.6 Å². The monoisotopic (exact) mass is 1100 g/mol. The molecule has 15 aromatic rings. The molecule has 0 saturated carbocycles. The number of benzene rings is 13. The van der Waals surface area contributed by atoms with Crippen molar-refractivity contribution in [3.05, 3.63) is 342 Å². The van der Waals surface area contributed by atoms with E-state index in [1.807, 2.05) is 12.1 Å². The van der Waals surface area contributed by atoms with Crippen LogP contribution in [0.5, 0.6) is 0 Å². The summed E-state index contributed by atoms with van der Waals surface area (Å²) in [7, 11) is 0. The Morgan fingerprint density at radius 3 is 1.34 bits per heavy atom. The average Bonchev–Trinajstić information content (AvgIpc) is 1.54. The lowest BCUT2D eigenvalue weighted by molar-refractivity contribution is 0.620. The highest BCUT2D eigenvalue weighted by molar-refractivity contribution is 6.11. The Balaban J connectivity index is 0.777. The standard InChI is InChI=1S/C83H57NO2/c1-3-19-56(20-4-1)59(51-54-37-41-57(42-38-54)63-29-17-31-73-71-27-11-15-35-79(71)85-81(63)73)43-39-55-40-49-69-70-50-48-62(53-78(70)83(77(69)52-55)75-33-13-9-25-67(75)65-23-7-8-24-66(65)68-26-10-14-34-76(68)83)84(60-21-5-2-6-22-60)61-46-44-58(45-47-61)64-30-18-32-74-72-28-12-16-36-80(72)86-82(64)74/h1-38,40-42,44-50,52-53,59H,39,43,51H2/t59-/m0/s1. The van der Waals surface area contributed by atoms with Crippen molar-refractivity contribution in [1.82, 2.24) is 0 Å². The predicted octanol–water partition coefficient (Wildman–Crippen LogP) is 22.3. The molecule has 0 bridgehead atoms. The molecule has 0 radical (unpaired) electrons. The molecule has 0 fully saturated rings. The van der Waals surface area contributed by atoms with Gasteiger partial charge in [0.25, 0.3) is 0 Å². The smallest absolute Gasteiger partial charge is 0.143 e. The summed E-state index contributed by atoms with van der Waals surface area (Å²) in [6.45, 7) is 0. The predicted molar refractivity (Wildman–Crippen MR) is 356 cm³/mol. The second-order valence-corrected chi connectivity index (χ2v) is 23.3. The fourth-order valence-electron chi connectivity index (χ4n) is 14.7. The van der Waals surface area contributed by atoms with Crippen LogP contribution in [0.1, 0.15) is 51.3 Å². The van der Waals surface area contributed by atoms with Crippen molar-refractivity contribution in [2.75, 3.05) is 4.90 Å². The number of hydrogen-bond donors (Lipinski definition) is 0. The Hall–Kier alpha value is -10.7. The normalized spacial score (nSPS) is 13.1. The Labute approximate surface area is 500 Å². The zero-order valence-electron chi connectivity index (χ0n) is 47.3. The van der Waals surface area contributed by atoms with E-state index in [0.29, 0.717) is 5.92 Å². The molecule has 2 heterocycles. The summed E-state index contributed by atoms with van der Waals surface area (Å²) < 4.78 is 13.0. The number of anilines is 3. The van der Waals surface area contributed by atoms with E-state index >= 15 is 0 Å². The quantitative estimate of drug-likeness (QED) is 0.129.